The van der Waals surface area contributed by atoms with Gasteiger partial charge in [-0.25, -0.2) is 0 Å². The summed E-state index contributed by atoms with van der Waals surface area (Å²) in [5.74, 6) is 1.000. The molecule has 1 aliphatic carbocycles. The first kappa shape index (κ1) is 17.5. The molecule has 1 saturated carbocycles. The number of ether oxygens (including phenoxy) is 2. The third-order valence-corrected chi connectivity index (χ3v) is 5.30. The molecule has 6 heteroatoms. The SMILES string of the molecule is O=C(NCC1CC1)C1=C[C@H](c2cccs2)C[C@H](OCCCCO)O1. The van der Waals surface area contributed by atoms with Gasteiger partial charge in [-0.05, 0) is 49.1 Å². The van der Waals surface area contributed by atoms with E-state index < -0.39 is 6.29 Å². The first-order chi connectivity index (χ1) is 11.8. The summed E-state index contributed by atoms with van der Waals surface area (Å²) in [6.07, 6.45) is 6.12. The number of aliphatic hydroxyl groups is 1. The zero-order valence-corrected chi connectivity index (χ0v) is 14.6. The maximum Gasteiger partial charge on any atom is 0.286 e. The highest BCUT2D eigenvalue weighted by Crippen LogP contribution is 2.34. The number of carbonyl (C=O) groups is 1. The van der Waals surface area contributed by atoms with Gasteiger partial charge in [-0.1, -0.05) is 6.07 Å². The Kier molecular flexibility index (Phi) is 6.29. The van der Waals surface area contributed by atoms with E-state index in [9.17, 15) is 4.79 Å². The summed E-state index contributed by atoms with van der Waals surface area (Å²) >= 11 is 1.68. The molecule has 0 spiro atoms. The molecule has 1 aromatic heterocycles. The molecule has 1 aromatic rings. The van der Waals surface area contributed by atoms with Crippen LogP contribution in [-0.2, 0) is 14.3 Å². The fraction of sp³-hybridized carbons (Fsp3) is 0.611. The van der Waals surface area contributed by atoms with Gasteiger partial charge in [-0.3, -0.25) is 4.79 Å². The monoisotopic (exact) mass is 351 g/mol. The zero-order chi connectivity index (χ0) is 16.8. The third-order valence-electron chi connectivity index (χ3n) is 4.29. The number of carbonyl (C=O) groups excluding carboxylic acids is 1. The van der Waals surface area contributed by atoms with Gasteiger partial charge in [0.2, 0.25) is 6.29 Å². The molecule has 132 valence electrons. The van der Waals surface area contributed by atoms with Crippen molar-refractivity contribution in [2.75, 3.05) is 19.8 Å². The van der Waals surface area contributed by atoms with Gasteiger partial charge in [-0.15, -0.1) is 11.3 Å². The number of aliphatic hydroxyl groups excluding tert-OH is 1. The van der Waals surface area contributed by atoms with Crippen LogP contribution in [0.15, 0.2) is 29.3 Å². The topological polar surface area (TPSA) is 67.8 Å². The van der Waals surface area contributed by atoms with E-state index in [1.54, 1.807) is 11.3 Å². The predicted molar refractivity (Wildman–Crippen MR) is 92.6 cm³/mol. The lowest BCUT2D eigenvalue weighted by molar-refractivity contribution is -0.146. The number of hydrogen-bond acceptors (Lipinski definition) is 5. The van der Waals surface area contributed by atoms with Crippen LogP contribution >= 0.6 is 11.3 Å². The predicted octanol–water partition coefficient (Wildman–Crippen LogP) is 2.78. The van der Waals surface area contributed by atoms with Crippen molar-refractivity contribution >= 4 is 17.2 Å². The number of thiophene rings is 1. The van der Waals surface area contributed by atoms with Crippen LogP contribution in [0.3, 0.4) is 0 Å². The molecule has 2 aliphatic rings. The summed E-state index contributed by atoms with van der Waals surface area (Å²) in [6, 6.07) is 4.10. The fourth-order valence-corrected chi connectivity index (χ4v) is 3.50. The minimum atomic E-state index is -0.414. The van der Waals surface area contributed by atoms with Crippen LogP contribution in [0.25, 0.3) is 0 Å². The number of unbranched alkanes of at least 4 members (excludes halogenated alkanes) is 1. The molecule has 2 N–H and O–H groups in total. The van der Waals surface area contributed by atoms with E-state index in [1.165, 1.54) is 17.7 Å². The number of allylic oxidation sites excluding steroid dienone is 1. The second-order valence-corrected chi connectivity index (χ2v) is 7.37. The number of nitrogens with one attached hydrogen (secondary N) is 1. The maximum atomic E-state index is 12.4. The number of hydrogen-bond donors (Lipinski definition) is 2. The molecular weight excluding hydrogens is 326 g/mol. The van der Waals surface area contributed by atoms with Crippen LogP contribution in [0.1, 0.15) is 42.9 Å². The lowest BCUT2D eigenvalue weighted by Gasteiger charge is -2.28. The van der Waals surface area contributed by atoms with Crippen LogP contribution < -0.4 is 5.32 Å². The minimum Gasteiger partial charge on any atom is -0.459 e. The molecule has 1 amide bonds. The second-order valence-electron chi connectivity index (χ2n) is 6.39. The quantitative estimate of drug-likeness (QED) is 0.671. The van der Waals surface area contributed by atoms with Gasteiger partial charge in [0.15, 0.2) is 5.76 Å². The van der Waals surface area contributed by atoms with Crippen molar-refractivity contribution in [3.63, 3.8) is 0 Å². The Balaban J connectivity index is 1.61. The lowest BCUT2D eigenvalue weighted by Crippen LogP contribution is -2.33. The summed E-state index contributed by atoms with van der Waals surface area (Å²) in [7, 11) is 0. The molecule has 0 aromatic carbocycles. The molecular formula is C18H25NO4S. The van der Waals surface area contributed by atoms with E-state index in [2.05, 4.69) is 11.4 Å². The Labute approximate surface area is 146 Å². The van der Waals surface area contributed by atoms with Crippen molar-refractivity contribution in [1.82, 2.24) is 5.32 Å². The van der Waals surface area contributed by atoms with E-state index in [4.69, 9.17) is 14.6 Å². The molecule has 5 nitrogen and oxygen atoms in total. The van der Waals surface area contributed by atoms with E-state index in [0.29, 0.717) is 31.1 Å². The van der Waals surface area contributed by atoms with Crippen molar-refractivity contribution in [2.24, 2.45) is 5.92 Å². The third kappa shape index (κ3) is 5.06. The smallest absolute Gasteiger partial charge is 0.286 e. The fourth-order valence-electron chi connectivity index (χ4n) is 2.69. The normalized spacial score (nSPS) is 23.5. The molecule has 0 radical (unpaired) electrons. The van der Waals surface area contributed by atoms with Gasteiger partial charge in [0, 0.05) is 30.4 Å². The van der Waals surface area contributed by atoms with Gasteiger partial charge in [0.25, 0.3) is 5.91 Å². The van der Waals surface area contributed by atoms with Crippen molar-refractivity contribution in [3.05, 3.63) is 34.2 Å². The summed E-state index contributed by atoms with van der Waals surface area (Å²) in [4.78, 5) is 13.6. The highest BCUT2D eigenvalue weighted by Gasteiger charge is 2.30. The van der Waals surface area contributed by atoms with Gasteiger partial charge < -0.3 is 19.9 Å². The number of rotatable bonds is 9. The molecule has 2 atom stereocenters. The average molecular weight is 351 g/mol. The van der Waals surface area contributed by atoms with Gasteiger partial charge in [0.1, 0.15) is 0 Å². The molecule has 0 saturated heterocycles. The van der Waals surface area contributed by atoms with E-state index in [1.807, 2.05) is 17.5 Å². The summed E-state index contributed by atoms with van der Waals surface area (Å²) < 4.78 is 11.6. The van der Waals surface area contributed by atoms with E-state index in [-0.39, 0.29) is 18.4 Å². The van der Waals surface area contributed by atoms with Crippen LogP contribution in [0.5, 0.6) is 0 Å². The molecule has 1 aliphatic heterocycles. The van der Waals surface area contributed by atoms with Gasteiger partial charge >= 0.3 is 0 Å². The van der Waals surface area contributed by atoms with Crippen LogP contribution in [0.4, 0.5) is 0 Å². The molecule has 24 heavy (non-hydrogen) atoms. The molecule has 2 heterocycles. The largest absolute Gasteiger partial charge is 0.459 e. The van der Waals surface area contributed by atoms with Crippen molar-refractivity contribution < 1.29 is 19.4 Å². The maximum absolute atomic E-state index is 12.4. The Hall–Kier alpha value is -1.37. The van der Waals surface area contributed by atoms with Crippen molar-refractivity contribution in [3.8, 4) is 0 Å². The van der Waals surface area contributed by atoms with Crippen LogP contribution in [0, 0.1) is 5.92 Å². The van der Waals surface area contributed by atoms with Gasteiger partial charge in [0.05, 0.1) is 6.61 Å². The standard InChI is InChI=1S/C18H25NO4S/c20-7-1-2-8-22-17-11-14(16-4-3-9-24-16)10-15(23-17)18(21)19-12-13-5-6-13/h3-4,9-10,13-14,17,20H,1-2,5-8,11-12H2,(H,19,21)/t14-,17+/m0/s1. The Bertz CT molecular complexity index is 553. The minimum absolute atomic E-state index is 0.142. The Morgan fingerprint density at radius 1 is 1.42 bits per heavy atom. The van der Waals surface area contributed by atoms with E-state index in [0.717, 1.165) is 13.0 Å². The number of amides is 1. The van der Waals surface area contributed by atoms with Crippen molar-refractivity contribution in [1.29, 1.82) is 0 Å². The lowest BCUT2D eigenvalue weighted by atomic mass is 9.99. The first-order valence-corrected chi connectivity index (χ1v) is 9.56. The molecule has 0 unspecified atom stereocenters. The van der Waals surface area contributed by atoms with E-state index >= 15 is 0 Å². The van der Waals surface area contributed by atoms with Crippen LogP contribution in [0.2, 0.25) is 0 Å². The highest BCUT2D eigenvalue weighted by molar-refractivity contribution is 7.10. The average Bonchev–Trinajstić information content (AvgIpc) is 3.27. The van der Waals surface area contributed by atoms with Gasteiger partial charge in [-0.2, -0.15) is 0 Å². The Morgan fingerprint density at radius 2 is 2.29 bits per heavy atom. The first-order valence-electron chi connectivity index (χ1n) is 8.69. The Morgan fingerprint density at radius 3 is 3.00 bits per heavy atom. The molecule has 3 rings (SSSR count). The second kappa shape index (κ2) is 8.65. The molecule has 0 bridgehead atoms. The van der Waals surface area contributed by atoms with Crippen molar-refractivity contribution in [2.45, 2.75) is 44.3 Å². The summed E-state index contributed by atoms with van der Waals surface area (Å²) in [6.45, 7) is 1.42. The summed E-state index contributed by atoms with van der Waals surface area (Å²) in [5.41, 5.74) is 0. The van der Waals surface area contributed by atoms with Crippen LogP contribution in [-0.4, -0.2) is 37.1 Å². The molecule has 1 fully saturated rings. The highest BCUT2D eigenvalue weighted by atomic mass is 32.1. The summed E-state index contributed by atoms with van der Waals surface area (Å²) in [5, 5.41) is 13.9. The zero-order valence-electron chi connectivity index (χ0n) is 13.8.